The molecule has 2 fully saturated rings. The summed E-state index contributed by atoms with van der Waals surface area (Å²) in [5.74, 6) is 0. The van der Waals surface area contributed by atoms with Gasteiger partial charge in [0, 0.05) is 19.1 Å². The van der Waals surface area contributed by atoms with Crippen molar-refractivity contribution in [3.8, 4) is 0 Å². The molecule has 3 nitrogen and oxygen atoms in total. The lowest BCUT2D eigenvalue weighted by Crippen LogP contribution is -2.41. The highest BCUT2D eigenvalue weighted by atomic mass is 16.3. The summed E-state index contributed by atoms with van der Waals surface area (Å²) in [7, 11) is 0. The van der Waals surface area contributed by atoms with Gasteiger partial charge in [0.25, 0.3) is 0 Å². The molecule has 2 atom stereocenters. The normalized spacial score (nSPS) is 43.0. The van der Waals surface area contributed by atoms with Crippen molar-refractivity contribution in [1.82, 2.24) is 4.90 Å². The first-order valence-electron chi connectivity index (χ1n) is 4.90. The molecular formula is C9H18N2O. The largest absolute Gasteiger partial charge is 0.387 e. The van der Waals surface area contributed by atoms with Crippen LogP contribution in [0, 0.1) is 0 Å². The molecule has 0 aromatic heterocycles. The van der Waals surface area contributed by atoms with Crippen molar-refractivity contribution in [3.05, 3.63) is 0 Å². The summed E-state index contributed by atoms with van der Waals surface area (Å²) in [5, 5.41) is 9.96. The number of fused-ring (bicyclic) bond motifs is 1. The van der Waals surface area contributed by atoms with Crippen molar-refractivity contribution in [3.63, 3.8) is 0 Å². The van der Waals surface area contributed by atoms with Crippen LogP contribution in [-0.4, -0.2) is 41.3 Å². The summed E-state index contributed by atoms with van der Waals surface area (Å²) in [6.07, 6.45) is 4.75. The fourth-order valence-corrected chi connectivity index (χ4v) is 2.53. The lowest BCUT2D eigenvalue weighted by atomic mass is 9.97. The zero-order chi connectivity index (χ0) is 8.60. The fraction of sp³-hybridized carbons (Fsp3) is 1.00. The Balaban J connectivity index is 2.02. The first-order chi connectivity index (χ1) is 5.73. The smallest absolute Gasteiger partial charge is 0.0910 e. The molecule has 2 aliphatic heterocycles. The van der Waals surface area contributed by atoms with E-state index in [4.69, 9.17) is 5.73 Å². The van der Waals surface area contributed by atoms with Gasteiger partial charge in [0.05, 0.1) is 5.60 Å². The van der Waals surface area contributed by atoms with Crippen molar-refractivity contribution in [2.75, 3.05) is 19.6 Å². The Labute approximate surface area is 73.5 Å². The van der Waals surface area contributed by atoms with Crippen LogP contribution in [-0.2, 0) is 0 Å². The highest BCUT2D eigenvalue weighted by Crippen LogP contribution is 2.32. The third kappa shape index (κ3) is 1.37. The standard InChI is InChI=1S/C9H18N2O/c10-6-9(12)5-8-3-1-2-4-11(8)7-9/h8,12H,1-7,10H2. The predicted octanol–water partition coefficient (Wildman–Crippen LogP) is -0.0656. The van der Waals surface area contributed by atoms with Gasteiger partial charge in [0.15, 0.2) is 0 Å². The van der Waals surface area contributed by atoms with Gasteiger partial charge in [-0.2, -0.15) is 0 Å². The molecule has 2 unspecified atom stereocenters. The van der Waals surface area contributed by atoms with E-state index in [0.717, 1.165) is 19.5 Å². The second kappa shape index (κ2) is 2.98. The van der Waals surface area contributed by atoms with Crippen molar-refractivity contribution < 1.29 is 5.11 Å². The van der Waals surface area contributed by atoms with Gasteiger partial charge in [-0.15, -0.1) is 0 Å². The van der Waals surface area contributed by atoms with E-state index in [1.807, 2.05) is 0 Å². The molecule has 0 aliphatic carbocycles. The van der Waals surface area contributed by atoms with Crippen molar-refractivity contribution in [1.29, 1.82) is 0 Å². The Bertz CT molecular complexity index is 158. The van der Waals surface area contributed by atoms with Crippen LogP contribution < -0.4 is 5.73 Å². The monoisotopic (exact) mass is 170 g/mol. The van der Waals surface area contributed by atoms with Crippen molar-refractivity contribution in [2.45, 2.75) is 37.3 Å². The Hall–Kier alpha value is -0.120. The van der Waals surface area contributed by atoms with Crippen molar-refractivity contribution in [2.24, 2.45) is 5.73 Å². The lowest BCUT2D eigenvalue weighted by molar-refractivity contribution is 0.0581. The summed E-state index contributed by atoms with van der Waals surface area (Å²) >= 11 is 0. The van der Waals surface area contributed by atoms with Gasteiger partial charge < -0.3 is 10.8 Å². The number of nitrogens with two attached hydrogens (primary N) is 1. The Morgan fingerprint density at radius 3 is 3.00 bits per heavy atom. The molecule has 12 heavy (non-hydrogen) atoms. The summed E-state index contributed by atoms with van der Waals surface area (Å²) < 4.78 is 0. The molecule has 2 rings (SSSR count). The molecule has 0 bridgehead atoms. The number of piperidine rings is 1. The van der Waals surface area contributed by atoms with Crippen LogP contribution in [0.1, 0.15) is 25.7 Å². The molecule has 2 heterocycles. The van der Waals surface area contributed by atoms with Gasteiger partial charge in [-0.25, -0.2) is 0 Å². The molecule has 0 spiro atoms. The average Bonchev–Trinajstić information content (AvgIpc) is 2.42. The van der Waals surface area contributed by atoms with Crippen LogP contribution in [0.15, 0.2) is 0 Å². The van der Waals surface area contributed by atoms with Crippen molar-refractivity contribution >= 4 is 0 Å². The van der Waals surface area contributed by atoms with E-state index in [2.05, 4.69) is 4.90 Å². The molecule has 70 valence electrons. The fourth-order valence-electron chi connectivity index (χ4n) is 2.53. The average molecular weight is 170 g/mol. The highest BCUT2D eigenvalue weighted by molar-refractivity contribution is 4.98. The molecule has 3 N–H and O–H groups in total. The summed E-state index contributed by atoms with van der Waals surface area (Å²) in [5.41, 5.74) is 4.97. The van der Waals surface area contributed by atoms with Crippen LogP contribution in [0.4, 0.5) is 0 Å². The number of nitrogens with zero attached hydrogens (tertiary/aromatic N) is 1. The van der Waals surface area contributed by atoms with Gasteiger partial charge >= 0.3 is 0 Å². The molecule has 0 aromatic rings. The third-order valence-corrected chi connectivity index (χ3v) is 3.24. The molecule has 2 aliphatic rings. The Kier molecular flexibility index (Phi) is 2.10. The molecule has 3 heteroatoms. The molecule has 2 saturated heterocycles. The van der Waals surface area contributed by atoms with Crippen LogP contribution in [0.25, 0.3) is 0 Å². The topological polar surface area (TPSA) is 49.5 Å². The van der Waals surface area contributed by atoms with Crippen LogP contribution in [0.5, 0.6) is 0 Å². The Morgan fingerprint density at radius 2 is 2.33 bits per heavy atom. The summed E-state index contributed by atoms with van der Waals surface area (Å²) in [4.78, 5) is 2.40. The molecule has 0 radical (unpaired) electrons. The summed E-state index contributed by atoms with van der Waals surface area (Å²) in [6, 6.07) is 0.618. The van der Waals surface area contributed by atoms with E-state index in [1.165, 1.54) is 19.3 Å². The SMILES string of the molecule is NCC1(O)CC2CCCCN2C1. The molecular weight excluding hydrogens is 152 g/mol. The number of hydrogen-bond donors (Lipinski definition) is 2. The van der Waals surface area contributed by atoms with Gasteiger partial charge in [-0.05, 0) is 25.8 Å². The first-order valence-corrected chi connectivity index (χ1v) is 4.90. The predicted molar refractivity (Wildman–Crippen MR) is 47.8 cm³/mol. The van der Waals surface area contributed by atoms with Crippen LogP contribution >= 0.6 is 0 Å². The van der Waals surface area contributed by atoms with E-state index in [1.54, 1.807) is 0 Å². The number of rotatable bonds is 1. The van der Waals surface area contributed by atoms with E-state index in [0.29, 0.717) is 12.6 Å². The highest BCUT2D eigenvalue weighted by Gasteiger charge is 2.42. The number of hydrogen-bond acceptors (Lipinski definition) is 3. The van der Waals surface area contributed by atoms with Gasteiger partial charge in [0.2, 0.25) is 0 Å². The maximum absolute atomic E-state index is 9.96. The quantitative estimate of drug-likeness (QED) is 0.579. The minimum atomic E-state index is -0.574. The maximum atomic E-state index is 9.96. The second-order valence-corrected chi connectivity index (χ2v) is 4.25. The van der Waals surface area contributed by atoms with Gasteiger partial charge in [-0.3, -0.25) is 4.90 Å². The van der Waals surface area contributed by atoms with E-state index in [9.17, 15) is 5.11 Å². The third-order valence-electron chi connectivity index (χ3n) is 3.24. The van der Waals surface area contributed by atoms with E-state index >= 15 is 0 Å². The van der Waals surface area contributed by atoms with Crippen LogP contribution in [0.2, 0.25) is 0 Å². The Morgan fingerprint density at radius 1 is 1.50 bits per heavy atom. The minimum Gasteiger partial charge on any atom is -0.387 e. The molecule has 0 saturated carbocycles. The van der Waals surface area contributed by atoms with E-state index < -0.39 is 5.60 Å². The minimum absolute atomic E-state index is 0.417. The zero-order valence-corrected chi connectivity index (χ0v) is 7.50. The van der Waals surface area contributed by atoms with Gasteiger partial charge in [0.1, 0.15) is 0 Å². The molecule has 0 aromatic carbocycles. The lowest BCUT2D eigenvalue weighted by Gasteiger charge is -2.28. The molecule has 0 amide bonds. The van der Waals surface area contributed by atoms with Gasteiger partial charge in [-0.1, -0.05) is 6.42 Å². The number of aliphatic hydroxyl groups is 1. The first kappa shape index (κ1) is 8.48. The zero-order valence-electron chi connectivity index (χ0n) is 7.50. The second-order valence-electron chi connectivity index (χ2n) is 4.25. The van der Waals surface area contributed by atoms with Crippen LogP contribution in [0.3, 0.4) is 0 Å². The summed E-state index contributed by atoms with van der Waals surface area (Å²) in [6.45, 7) is 2.38. The van der Waals surface area contributed by atoms with E-state index in [-0.39, 0.29) is 0 Å². The maximum Gasteiger partial charge on any atom is 0.0910 e.